The van der Waals surface area contributed by atoms with Gasteiger partial charge in [-0.05, 0) is 45.1 Å². The van der Waals surface area contributed by atoms with E-state index in [2.05, 4.69) is 31.1 Å². The Morgan fingerprint density at radius 1 is 1.25 bits per heavy atom. The first kappa shape index (κ1) is 13.0. The molecule has 1 rings (SSSR count). The molecule has 0 aromatic heterocycles. The molecule has 2 atom stereocenters. The zero-order valence-corrected chi connectivity index (χ0v) is 10.6. The van der Waals surface area contributed by atoms with Crippen molar-refractivity contribution in [1.29, 1.82) is 0 Å². The van der Waals surface area contributed by atoms with Crippen LogP contribution >= 0.6 is 0 Å². The Kier molecular flexibility index (Phi) is 4.77. The summed E-state index contributed by atoms with van der Waals surface area (Å²) in [5, 5.41) is 0. The molecule has 0 aliphatic rings. The number of ether oxygens (including phenoxy) is 1. The van der Waals surface area contributed by atoms with E-state index in [1.807, 2.05) is 19.1 Å². The van der Waals surface area contributed by atoms with Gasteiger partial charge in [0.05, 0.1) is 7.11 Å². The lowest BCUT2D eigenvalue weighted by Crippen LogP contribution is -2.27. The minimum atomic E-state index is 0.203. The molecule has 3 nitrogen and oxygen atoms in total. The molecule has 0 radical (unpaired) electrons. The summed E-state index contributed by atoms with van der Waals surface area (Å²) in [4.78, 5) is 2.20. The molecule has 0 fully saturated rings. The van der Waals surface area contributed by atoms with E-state index in [1.165, 1.54) is 5.56 Å². The molecule has 0 heterocycles. The first-order valence-corrected chi connectivity index (χ1v) is 5.60. The average molecular weight is 222 g/mol. The van der Waals surface area contributed by atoms with E-state index in [0.717, 1.165) is 12.2 Å². The molecule has 0 aliphatic heterocycles. The van der Waals surface area contributed by atoms with Crippen LogP contribution in [0.1, 0.15) is 24.9 Å². The fraction of sp³-hybridized carbons (Fsp3) is 0.538. The molecule has 90 valence electrons. The Morgan fingerprint density at radius 2 is 1.81 bits per heavy atom. The van der Waals surface area contributed by atoms with E-state index in [0.29, 0.717) is 6.04 Å². The minimum Gasteiger partial charge on any atom is -0.497 e. The predicted octanol–water partition coefficient (Wildman–Crippen LogP) is 2.04. The molecule has 0 saturated carbocycles. The SMILES string of the molecule is COc1ccc(C(CC(C)N)N(C)C)cc1. The Labute approximate surface area is 98.2 Å². The highest BCUT2D eigenvalue weighted by molar-refractivity contribution is 5.29. The van der Waals surface area contributed by atoms with Crippen LogP contribution in [-0.2, 0) is 0 Å². The molecule has 0 aliphatic carbocycles. The zero-order valence-electron chi connectivity index (χ0n) is 10.6. The van der Waals surface area contributed by atoms with Gasteiger partial charge < -0.3 is 15.4 Å². The quantitative estimate of drug-likeness (QED) is 0.828. The molecule has 0 spiro atoms. The van der Waals surface area contributed by atoms with Crippen molar-refractivity contribution in [2.24, 2.45) is 5.73 Å². The Balaban J connectivity index is 2.84. The Morgan fingerprint density at radius 3 is 2.19 bits per heavy atom. The third-order valence-corrected chi connectivity index (χ3v) is 2.72. The molecule has 16 heavy (non-hydrogen) atoms. The standard InChI is InChI=1S/C13H22N2O/c1-10(14)9-13(15(2)3)11-5-7-12(16-4)8-6-11/h5-8,10,13H,9,14H2,1-4H3. The average Bonchev–Trinajstić information content (AvgIpc) is 2.25. The third kappa shape index (κ3) is 3.51. The van der Waals surface area contributed by atoms with Crippen LogP contribution in [0.15, 0.2) is 24.3 Å². The van der Waals surface area contributed by atoms with Crippen LogP contribution in [0.3, 0.4) is 0 Å². The molecule has 2 unspecified atom stereocenters. The number of hydrogen-bond acceptors (Lipinski definition) is 3. The van der Waals surface area contributed by atoms with Gasteiger partial charge in [0.2, 0.25) is 0 Å². The van der Waals surface area contributed by atoms with Crippen molar-refractivity contribution >= 4 is 0 Å². The Hall–Kier alpha value is -1.06. The maximum absolute atomic E-state index is 5.87. The largest absolute Gasteiger partial charge is 0.497 e. The van der Waals surface area contributed by atoms with Crippen molar-refractivity contribution in [2.75, 3.05) is 21.2 Å². The molecular formula is C13H22N2O. The normalized spacial score (nSPS) is 14.9. The van der Waals surface area contributed by atoms with Crippen LogP contribution in [0.2, 0.25) is 0 Å². The number of hydrogen-bond donors (Lipinski definition) is 1. The van der Waals surface area contributed by atoms with Crippen molar-refractivity contribution in [3.8, 4) is 5.75 Å². The molecule has 0 bridgehead atoms. The molecule has 1 aromatic carbocycles. The van der Waals surface area contributed by atoms with Crippen molar-refractivity contribution in [3.63, 3.8) is 0 Å². The summed E-state index contributed by atoms with van der Waals surface area (Å²) in [6.45, 7) is 2.04. The highest BCUT2D eigenvalue weighted by atomic mass is 16.5. The second kappa shape index (κ2) is 5.87. The molecular weight excluding hydrogens is 200 g/mol. The van der Waals surface area contributed by atoms with Gasteiger partial charge in [0.25, 0.3) is 0 Å². The fourth-order valence-corrected chi connectivity index (χ4v) is 1.82. The lowest BCUT2D eigenvalue weighted by atomic mass is 9.99. The number of methoxy groups -OCH3 is 1. The van der Waals surface area contributed by atoms with Gasteiger partial charge in [0.15, 0.2) is 0 Å². The van der Waals surface area contributed by atoms with Crippen molar-refractivity contribution in [3.05, 3.63) is 29.8 Å². The van der Waals surface area contributed by atoms with Gasteiger partial charge in [0, 0.05) is 12.1 Å². The summed E-state index contributed by atoms with van der Waals surface area (Å²) in [7, 11) is 5.84. The smallest absolute Gasteiger partial charge is 0.118 e. The summed E-state index contributed by atoms with van der Waals surface area (Å²) in [6, 6.07) is 8.76. The summed E-state index contributed by atoms with van der Waals surface area (Å²) in [5.74, 6) is 0.891. The topological polar surface area (TPSA) is 38.5 Å². The highest BCUT2D eigenvalue weighted by Crippen LogP contribution is 2.24. The molecule has 3 heteroatoms. The van der Waals surface area contributed by atoms with E-state index < -0.39 is 0 Å². The molecule has 1 aromatic rings. The summed E-state index contributed by atoms with van der Waals surface area (Å²) >= 11 is 0. The van der Waals surface area contributed by atoms with Gasteiger partial charge >= 0.3 is 0 Å². The van der Waals surface area contributed by atoms with Gasteiger partial charge in [-0.1, -0.05) is 12.1 Å². The summed E-state index contributed by atoms with van der Waals surface area (Å²) in [5.41, 5.74) is 7.15. The molecule has 0 amide bonds. The van der Waals surface area contributed by atoms with Gasteiger partial charge in [0.1, 0.15) is 5.75 Å². The first-order chi connectivity index (χ1) is 7.54. The van der Waals surface area contributed by atoms with Crippen LogP contribution in [0, 0.1) is 0 Å². The van der Waals surface area contributed by atoms with E-state index >= 15 is 0 Å². The fourth-order valence-electron chi connectivity index (χ4n) is 1.82. The number of rotatable bonds is 5. The maximum atomic E-state index is 5.87. The monoisotopic (exact) mass is 222 g/mol. The number of nitrogens with zero attached hydrogens (tertiary/aromatic N) is 1. The van der Waals surface area contributed by atoms with Crippen LogP contribution in [-0.4, -0.2) is 32.1 Å². The van der Waals surface area contributed by atoms with Crippen molar-refractivity contribution < 1.29 is 4.74 Å². The lowest BCUT2D eigenvalue weighted by molar-refractivity contribution is 0.272. The first-order valence-electron chi connectivity index (χ1n) is 5.60. The maximum Gasteiger partial charge on any atom is 0.118 e. The zero-order chi connectivity index (χ0) is 12.1. The van der Waals surface area contributed by atoms with Crippen LogP contribution in [0.25, 0.3) is 0 Å². The van der Waals surface area contributed by atoms with Gasteiger partial charge in [-0.2, -0.15) is 0 Å². The van der Waals surface area contributed by atoms with E-state index in [4.69, 9.17) is 10.5 Å². The second-order valence-corrected chi connectivity index (χ2v) is 4.47. The number of benzene rings is 1. The second-order valence-electron chi connectivity index (χ2n) is 4.47. The van der Waals surface area contributed by atoms with Crippen molar-refractivity contribution in [1.82, 2.24) is 4.90 Å². The van der Waals surface area contributed by atoms with Crippen LogP contribution in [0.5, 0.6) is 5.75 Å². The van der Waals surface area contributed by atoms with E-state index in [-0.39, 0.29) is 6.04 Å². The van der Waals surface area contributed by atoms with Gasteiger partial charge in [-0.25, -0.2) is 0 Å². The summed E-state index contributed by atoms with van der Waals surface area (Å²) < 4.78 is 5.15. The van der Waals surface area contributed by atoms with Gasteiger partial charge in [-0.15, -0.1) is 0 Å². The summed E-state index contributed by atoms with van der Waals surface area (Å²) in [6.07, 6.45) is 0.958. The van der Waals surface area contributed by atoms with Crippen molar-refractivity contribution in [2.45, 2.75) is 25.4 Å². The van der Waals surface area contributed by atoms with E-state index in [9.17, 15) is 0 Å². The van der Waals surface area contributed by atoms with Crippen LogP contribution in [0.4, 0.5) is 0 Å². The predicted molar refractivity (Wildman–Crippen MR) is 67.7 cm³/mol. The van der Waals surface area contributed by atoms with Crippen LogP contribution < -0.4 is 10.5 Å². The van der Waals surface area contributed by atoms with E-state index in [1.54, 1.807) is 7.11 Å². The molecule has 2 N–H and O–H groups in total. The Bertz CT molecular complexity index is 306. The number of nitrogens with two attached hydrogens (primary N) is 1. The van der Waals surface area contributed by atoms with Gasteiger partial charge in [-0.3, -0.25) is 0 Å². The minimum absolute atomic E-state index is 0.203. The highest BCUT2D eigenvalue weighted by Gasteiger charge is 2.15. The lowest BCUT2D eigenvalue weighted by Gasteiger charge is -2.26. The third-order valence-electron chi connectivity index (χ3n) is 2.72. The molecule has 0 saturated heterocycles.